The second kappa shape index (κ2) is 8.38. The number of anilines is 1. The summed E-state index contributed by atoms with van der Waals surface area (Å²) in [6.07, 6.45) is 1.57. The van der Waals surface area contributed by atoms with Crippen LogP contribution in [0.1, 0.15) is 18.4 Å². The lowest BCUT2D eigenvalue weighted by Gasteiger charge is -2.16. The molecular formula is C21H24N4O6. The fourth-order valence-electron chi connectivity index (χ4n) is 4.20. The Bertz CT molecular complexity index is 935. The van der Waals surface area contributed by atoms with E-state index in [1.807, 2.05) is 0 Å². The number of ether oxygens (including phenoxy) is 1. The summed E-state index contributed by atoms with van der Waals surface area (Å²) in [5.74, 6) is -1.16. The van der Waals surface area contributed by atoms with Crippen LogP contribution < -0.4 is 5.32 Å². The molecule has 0 aliphatic carbocycles. The first-order valence-corrected chi connectivity index (χ1v) is 10.1. The predicted octanol–water partition coefficient (Wildman–Crippen LogP) is 0.287. The summed E-state index contributed by atoms with van der Waals surface area (Å²) in [4.78, 5) is 53.9. The minimum atomic E-state index is -0.612. The molecule has 2 N–H and O–H groups in total. The highest BCUT2D eigenvalue weighted by atomic mass is 16.5. The molecular weight excluding hydrogens is 404 g/mol. The van der Waals surface area contributed by atoms with Crippen molar-refractivity contribution in [1.29, 1.82) is 0 Å². The van der Waals surface area contributed by atoms with Gasteiger partial charge < -0.3 is 25.0 Å². The number of aliphatic hydroxyl groups is 1. The number of urea groups is 1. The van der Waals surface area contributed by atoms with Gasteiger partial charge in [0.05, 0.1) is 32.4 Å². The number of nitrogens with zero attached hydrogens (tertiary/aromatic N) is 3. The maximum atomic E-state index is 12.6. The summed E-state index contributed by atoms with van der Waals surface area (Å²) >= 11 is 0. The summed E-state index contributed by atoms with van der Waals surface area (Å²) in [6.45, 7) is 0.759. The second-order valence-corrected chi connectivity index (χ2v) is 7.68. The first-order chi connectivity index (χ1) is 14.9. The second-order valence-electron chi connectivity index (χ2n) is 7.68. The van der Waals surface area contributed by atoms with Crippen molar-refractivity contribution in [2.24, 2.45) is 0 Å². The standard InChI is InChI=1S/C21H24N4O6/c1-31-20(29)15-12-23(9-10-26)19(28)17(15)22-14-6-4-13(5-7-14)11-25-18(27)16-3-2-8-24(16)21(25)30/h4-7,16,22,26H,2-3,8-12H2,1H3. The number of rotatable bonds is 7. The highest BCUT2D eigenvalue weighted by Crippen LogP contribution is 2.29. The van der Waals surface area contributed by atoms with Crippen LogP contribution in [0.15, 0.2) is 35.5 Å². The van der Waals surface area contributed by atoms with Gasteiger partial charge in [0.25, 0.3) is 11.8 Å². The Balaban J connectivity index is 1.47. The minimum Gasteiger partial charge on any atom is -0.466 e. The molecule has 3 aliphatic rings. The summed E-state index contributed by atoms with van der Waals surface area (Å²) < 4.78 is 4.77. The van der Waals surface area contributed by atoms with Crippen molar-refractivity contribution in [1.82, 2.24) is 14.7 Å². The van der Waals surface area contributed by atoms with Crippen molar-refractivity contribution in [2.45, 2.75) is 25.4 Å². The van der Waals surface area contributed by atoms with Crippen LogP contribution in [-0.4, -0.2) is 83.0 Å². The molecule has 10 nitrogen and oxygen atoms in total. The average Bonchev–Trinajstić information content (AvgIpc) is 3.43. The van der Waals surface area contributed by atoms with Crippen LogP contribution in [0.25, 0.3) is 0 Å². The van der Waals surface area contributed by atoms with Gasteiger partial charge in [-0.15, -0.1) is 0 Å². The maximum absolute atomic E-state index is 12.6. The van der Waals surface area contributed by atoms with Crippen LogP contribution in [-0.2, 0) is 25.7 Å². The zero-order valence-electron chi connectivity index (χ0n) is 17.2. The van der Waals surface area contributed by atoms with Crippen LogP contribution in [0.3, 0.4) is 0 Å². The smallest absolute Gasteiger partial charge is 0.337 e. The van der Waals surface area contributed by atoms with Gasteiger partial charge in [0.1, 0.15) is 11.7 Å². The molecule has 2 fully saturated rings. The summed E-state index contributed by atoms with van der Waals surface area (Å²) in [7, 11) is 1.24. The number of amides is 4. The fourth-order valence-corrected chi connectivity index (χ4v) is 4.20. The number of β-amino-alcohol motifs (C(OH)–C–C–N with tert-alkyl or cyclic N) is 1. The van der Waals surface area contributed by atoms with E-state index >= 15 is 0 Å². The minimum absolute atomic E-state index is 0.0589. The number of esters is 1. The molecule has 2 saturated heterocycles. The molecule has 4 amide bonds. The lowest BCUT2D eigenvalue weighted by Crippen LogP contribution is -2.32. The third kappa shape index (κ3) is 3.74. The molecule has 3 aliphatic heterocycles. The number of imide groups is 1. The Morgan fingerprint density at radius 1 is 1.23 bits per heavy atom. The average molecular weight is 428 g/mol. The van der Waals surface area contributed by atoms with E-state index in [9.17, 15) is 19.2 Å². The Labute approximate surface area is 179 Å². The van der Waals surface area contributed by atoms with Crippen LogP contribution in [0.2, 0.25) is 0 Å². The fraction of sp³-hybridized carbons (Fsp3) is 0.429. The number of fused-ring (bicyclic) bond motifs is 1. The van der Waals surface area contributed by atoms with Crippen LogP contribution in [0.4, 0.5) is 10.5 Å². The molecule has 0 bridgehead atoms. The molecule has 4 rings (SSSR count). The number of hydrogen-bond acceptors (Lipinski definition) is 7. The Hall–Kier alpha value is -3.40. The molecule has 0 spiro atoms. The number of carbonyl (C=O) groups is 4. The molecule has 10 heteroatoms. The van der Waals surface area contributed by atoms with Gasteiger partial charge in [0, 0.05) is 18.8 Å². The van der Waals surface area contributed by atoms with E-state index in [1.165, 1.54) is 16.9 Å². The number of nitrogens with one attached hydrogen (secondary N) is 1. The van der Waals surface area contributed by atoms with E-state index < -0.39 is 11.9 Å². The van der Waals surface area contributed by atoms with Gasteiger partial charge in [-0.3, -0.25) is 14.5 Å². The summed E-state index contributed by atoms with van der Waals surface area (Å²) in [5, 5.41) is 12.1. The zero-order chi connectivity index (χ0) is 22.1. The number of aliphatic hydroxyl groups excluding tert-OH is 1. The third-order valence-corrected chi connectivity index (χ3v) is 5.80. The van der Waals surface area contributed by atoms with Crippen molar-refractivity contribution in [3.05, 3.63) is 41.1 Å². The Morgan fingerprint density at radius 3 is 2.61 bits per heavy atom. The third-order valence-electron chi connectivity index (χ3n) is 5.80. The molecule has 0 aromatic heterocycles. The Morgan fingerprint density at radius 2 is 1.97 bits per heavy atom. The molecule has 1 aromatic rings. The van der Waals surface area contributed by atoms with Gasteiger partial charge in [-0.1, -0.05) is 12.1 Å². The van der Waals surface area contributed by atoms with Gasteiger partial charge in [-0.2, -0.15) is 0 Å². The van der Waals surface area contributed by atoms with E-state index in [4.69, 9.17) is 9.84 Å². The first-order valence-electron chi connectivity index (χ1n) is 10.1. The summed E-state index contributed by atoms with van der Waals surface area (Å²) in [6, 6.07) is 6.37. The number of benzene rings is 1. The van der Waals surface area contributed by atoms with Gasteiger partial charge in [0.15, 0.2) is 0 Å². The van der Waals surface area contributed by atoms with Crippen molar-refractivity contribution >= 4 is 29.5 Å². The summed E-state index contributed by atoms with van der Waals surface area (Å²) in [5.41, 5.74) is 1.65. The van der Waals surface area contributed by atoms with E-state index in [-0.39, 0.29) is 55.5 Å². The molecule has 0 radical (unpaired) electrons. The lowest BCUT2D eigenvalue weighted by molar-refractivity contribution is -0.136. The number of methoxy groups -OCH3 is 1. The molecule has 1 unspecified atom stereocenters. The topological polar surface area (TPSA) is 119 Å². The first kappa shape index (κ1) is 20.9. The molecule has 164 valence electrons. The van der Waals surface area contributed by atoms with Gasteiger partial charge >= 0.3 is 12.0 Å². The molecule has 1 aromatic carbocycles. The highest BCUT2D eigenvalue weighted by Gasteiger charge is 2.47. The van der Waals surface area contributed by atoms with Crippen LogP contribution in [0, 0.1) is 0 Å². The van der Waals surface area contributed by atoms with Crippen LogP contribution >= 0.6 is 0 Å². The van der Waals surface area contributed by atoms with Gasteiger partial charge in [-0.25, -0.2) is 9.59 Å². The van der Waals surface area contributed by atoms with Crippen molar-refractivity contribution < 1.29 is 29.0 Å². The molecule has 31 heavy (non-hydrogen) atoms. The lowest BCUT2D eigenvalue weighted by atomic mass is 10.1. The monoisotopic (exact) mass is 428 g/mol. The predicted molar refractivity (Wildman–Crippen MR) is 108 cm³/mol. The normalized spacial score (nSPS) is 20.8. The van der Waals surface area contributed by atoms with E-state index in [0.29, 0.717) is 18.7 Å². The molecule has 3 heterocycles. The van der Waals surface area contributed by atoms with Gasteiger partial charge in [-0.05, 0) is 30.5 Å². The number of carbonyl (C=O) groups excluding carboxylic acids is 4. The van der Waals surface area contributed by atoms with Crippen molar-refractivity contribution in [3.8, 4) is 0 Å². The van der Waals surface area contributed by atoms with Crippen molar-refractivity contribution in [2.75, 3.05) is 38.7 Å². The largest absolute Gasteiger partial charge is 0.466 e. The maximum Gasteiger partial charge on any atom is 0.337 e. The van der Waals surface area contributed by atoms with E-state index in [1.54, 1.807) is 29.2 Å². The Kier molecular flexibility index (Phi) is 5.64. The van der Waals surface area contributed by atoms with E-state index in [0.717, 1.165) is 12.0 Å². The molecule has 1 atom stereocenters. The quantitative estimate of drug-likeness (QED) is 0.473. The highest BCUT2D eigenvalue weighted by molar-refractivity contribution is 6.08. The van der Waals surface area contributed by atoms with Crippen LogP contribution in [0.5, 0.6) is 0 Å². The SMILES string of the molecule is COC(=O)C1=C(Nc2ccc(CN3C(=O)C4CCCN4C3=O)cc2)C(=O)N(CCO)C1. The number of hydrogen-bond donors (Lipinski definition) is 2. The van der Waals surface area contributed by atoms with E-state index in [2.05, 4.69) is 5.32 Å². The van der Waals surface area contributed by atoms with Gasteiger partial charge in [0.2, 0.25) is 0 Å². The van der Waals surface area contributed by atoms with Crippen molar-refractivity contribution in [3.63, 3.8) is 0 Å². The zero-order valence-corrected chi connectivity index (χ0v) is 17.2. The molecule has 0 saturated carbocycles.